The van der Waals surface area contributed by atoms with Crippen molar-refractivity contribution in [2.45, 2.75) is 6.42 Å². The van der Waals surface area contributed by atoms with Gasteiger partial charge in [-0.2, -0.15) is 0 Å². The van der Waals surface area contributed by atoms with Gasteiger partial charge in [-0.05, 0) is 18.2 Å². The SMILES string of the molecule is COc1cc(C=O)ccc1O.O=C1CC(=O)NC(=O)N1. The number of phenols is 1. The van der Waals surface area contributed by atoms with Gasteiger partial charge in [-0.15, -0.1) is 0 Å². The predicted molar refractivity (Wildman–Crippen MR) is 66.3 cm³/mol. The van der Waals surface area contributed by atoms with Gasteiger partial charge in [0.25, 0.3) is 0 Å². The summed E-state index contributed by atoms with van der Waals surface area (Å²) in [6, 6.07) is 3.67. The molecule has 0 atom stereocenters. The van der Waals surface area contributed by atoms with Gasteiger partial charge < -0.3 is 9.84 Å². The van der Waals surface area contributed by atoms with Crippen molar-refractivity contribution in [1.29, 1.82) is 0 Å². The normalized spacial score (nSPS) is 13.6. The topological polar surface area (TPSA) is 122 Å². The molecule has 4 amide bonds. The number of rotatable bonds is 2. The van der Waals surface area contributed by atoms with Crippen LogP contribution in [0.1, 0.15) is 16.8 Å². The Morgan fingerprint density at radius 1 is 1.20 bits per heavy atom. The lowest BCUT2D eigenvalue weighted by Crippen LogP contribution is -2.49. The van der Waals surface area contributed by atoms with Gasteiger partial charge in [0.1, 0.15) is 12.7 Å². The van der Waals surface area contributed by atoms with Crippen LogP contribution < -0.4 is 15.4 Å². The van der Waals surface area contributed by atoms with Crippen LogP contribution in [0.3, 0.4) is 0 Å². The van der Waals surface area contributed by atoms with E-state index in [9.17, 15) is 19.2 Å². The Kier molecular flexibility index (Phi) is 5.21. The van der Waals surface area contributed by atoms with Gasteiger partial charge in [0.05, 0.1) is 7.11 Å². The van der Waals surface area contributed by atoms with Crippen LogP contribution in [0.5, 0.6) is 11.5 Å². The summed E-state index contributed by atoms with van der Waals surface area (Å²) >= 11 is 0. The minimum absolute atomic E-state index is 0.0399. The smallest absolute Gasteiger partial charge is 0.328 e. The Labute approximate surface area is 113 Å². The molecule has 0 saturated carbocycles. The summed E-state index contributed by atoms with van der Waals surface area (Å²) in [5.74, 6) is -0.750. The van der Waals surface area contributed by atoms with E-state index in [2.05, 4.69) is 0 Å². The molecule has 0 bridgehead atoms. The molecule has 1 aliphatic rings. The number of barbiturate groups is 1. The zero-order valence-corrected chi connectivity index (χ0v) is 10.5. The molecule has 8 heteroatoms. The summed E-state index contributed by atoms with van der Waals surface area (Å²) in [6.45, 7) is 0. The van der Waals surface area contributed by atoms with E-state index in [0.717, 1.165) is 0 Å². The molecule has 1 aromatic rings. The number of phenolic OH excluding ortho intramolecular Hbond substituents is 1. The number of urea groups is 1. The van der Waals surface area contributed by atoms with Gasteiger partial charge in [-0.25, -0.2) is 4.79 Å². The van der Waals surface area contributed by atoms with E-state index in [1.165, 1.54) is 25.3 Å². The standard InChI is InChI=1S/C8H8O3.C4H4N2O3/c1-11-8-4-6(5-9)2-3-7(8)10;7-2-1-3(8)6-4(9)5-2/h2-5,10H,1H3;1H2,(H2,5,6,7,8,9). The van der Waals surface area contributed by atoms with E-state index in [-0.39, 0.29) is 12.2 Å². The molecule has 0 radical (unpaired) electrons. The number of carbonyl (C=O) groups excluding carboxylic acids is 4. The van der Waals surface area contributed by atoms with Crippen molar-refractivity contribution in [2.75, 3.05) is 7.11 Å². The second kappa shape index (κ2) is 6.88. The van der Waals surface area contributed by atoms with Gasteiger partial charge >= 0.3 is 6.03 Å². The first-order chi connectivity index (χ1) is 9.46. The summed E-state index contributed by atoms with van der Waals surface area (Å²) in [5.41, 5.74) is 0.486. The molecule has 2 rings (SSSR count). The first kappa shape index (κ1) is 15.2. The number of imide groups is 2. The molecular weight excluding hydrogens is 268 g/mol. The molecule has 1 heterocycles. The second-order valence-corrected chi connectivity index (χ2v) is 3.65. The van der Waals surface area contributed by atoms with Crippen molar-refractivity contribution >= 4 is 24.1 Å². The number of aldehydes is 1. The van der Waals surface area contributed by atoms with E-state index in [1.807, 2.05) is 10.6 Å². The average Bonchev–Trinajstić information content (AvgIpc) is 2.38. The minimum atomic E-state index is -0.740. The lowest BCUT2D eigenvalue weighted by Gasteiger charge is -2.09. The van der Waals surface area contributed by atoms with E-state index < -0.39 is 17.8 Å². The minimum Gasteiger partial charge on any atom is -0.504 e. The van der Waals surface area contributed by atoms with Gasteiger partial charge in [-0.3, -0.25) is 25.0 Å². The number of aromatic hydroxyl groups is 1. The largest absolute Gasteiger partial charge is 0.504 e. The van der Waals surface area contributed by atoms with Crippen molar-refractivity contribution in [1.82, 2.24) is 10.6 Å². The Hall–Kier alpha value is -2.90. The van der Waals surface area contributed by atoms with E-state index in [4.69, 9.17) is 9.84 Å². The van der Waals surface area contributed by atoms with E-state index in [0.29, 0.717) is 17.6 Å². The van der Waals surface area contributed by atoms with Crippen molar-refractivity contribution in [2.24, 2.45) is 0 Å². The second-order valence-electron chi connectivity index (χ2n) is 3.65. The first-order valence-electron chi connectivity index (χ1n) is 5.42. The molecule has 1 aromatic carbocycles. The van der Waals surface area contributed by atoms with Crippen LogP contribution in [-0.2, 0) is 9.59 Å². The van der Waals surface area contributed by atoms with Crippen molar-refractivity contribution in [3.05, 3.63) is 23.8 Å². The number of amides is 4. The van der Waals surface area contributed by atoms with Crippen molar-refractivity contribution in [3.63, 3.8) is 0 Å². The van der Waals surface area contributed by atoms with Crippen LogP contribution in [0.2, 0.25) is 0 Å². The molecule has 0 aliphatic carbocycles. The third kappa shape index (κ3) is 4.41. The zero-order chi connectivity index (χ0) is 15.1. The van der Waals surface area contributed by atoms with Crippen molar-refractivity contribution < 1.29 is 29.0 Å². The lowest BCUT2D eigenvalue weighted by atomic mass is 10.2. The van der Waals surface area contributed by atoms with Gasteiger partial charge in [-0.1, -0.05) is 0 Å². The summed E-state index contributed by atoms with van der Waals surface area (Å²) in [6.07, 6.45) is 0.438. The molecule has 0 aromatic heterocycles. The molecular formula is C12H12N2O6. The predicted octanol–water partition coefficient (Wildman–Crippen LogP) is -0.0442. The fourth-order valence-corrected chi connectivity index (χ4v) is 1.29. The number of nitrogens with one attached hydrogen (secondary N) is 2. The average molecular weight is 280 g/mol. The number of benzene rings is 1. The molecule has 0 spiro atoms. The molecule has 1 aliphatic heterocycles. The van der Waals surface area contributed by atoms with E-state index in [1.54, 1.807) is 0 Å². The number of carbonyl (C=O) groups is 4. The van der Waals surface area contributed by atoms with Gasteiger partial charge in [0.2, 0.25) is 11.8 Å². The molecule has 106 valence electrons. The fraction of sp³-hybridized carbons (Fsp3) is 0.167. The lowest BCUT2D eigenvalue weighted by molar-refractivity contribution is -0.129. The monoisotopic (exact) mass is 280 g/mol. The van der Waals surface area contributed by atoms with Gasteiger partial charge in [0, 0.05) is 5.56 Å². The van der Waals surface area contributed by atoms with Crippen molar-refractivity contribution in [3.8, 4) is 11.5 Å². The Morgan fingerprint density at radius 3 is 2.25 bits per heavy atom. The van der Waals surface area contributed by atoms with Crippen LogP contribution in [0.25, 0.3) is 0 Å². The molecule has 1 saturated heterocycles. The third-order valence-corrected chi connectivity index (χ3v) is 2.17. The Balaban J connectivity index is 0.000000204. The maximum absolute atomic E-state index is 10.3. The van der Waals surface area contributed by atoms with Gasteiger partial charge in [0.15, 0.2) is 11.5 Å². The maximum Gasteiger partial charge on any atom is 0.328 e. The quantitative estimate of drug-likeness (QED) is 0.516. The number of hydrogen-bond acceptors (Lipinski definition) is 6. The van der Waals surface area contributed by atoms with Crippen LogP contribution in [0.15, 0.2) is 18.2 Å². The maximum atomic E-state index is 10.3. The summed E-state index contributed by atoms with van der Waals surface area (Å²) in [7, 11) is 1.43. The van der Waals surface area contributed by atoms with E-state index >= 15 is 0 Å². The first-order valence-corrected chi connectivity index (χ1v) is 5.42. The molecule has 8 nitrogen and oxygen atoms in total. The number of methoxy groups -OCH3 is 1. The fourth-order valence-electron chi connectivity index (χ4n) is 1.29. The van der Waals surface area contributed by atoms with Crippen LogP contribution in [0.4, 0.5) is 4.79 Å². The summed E-state index contributed by atoms with van der Waals surface area (Å²) in [5, 5.41) is 12.9. The zero-order valence-electron chi connectivity index (χ0n) is 10.5. The molecule has 0 unspecified atom stereocenters. The number of hydrogen-bond donors (Lipinski definition) is 3. The summed E-state index contributed by atoms with van der Waals surface area (Å²) in [4.78, 5) is 41.1. The Morgan fingerprint density at radius 2 is 1.80 bits per heavy atom. The van der Waals surface area contributed by atoms with Crippen LogP contribution in [-0.4, -0.2) is 36.3 Å². The highest BCUT2D eigenvalue weighted by Crippen LogP contribution is 2.25. The summed E-state index contributed by atoms with van der Waals surface area (Å²) < 4.78 is 4.78. The molecule has 1 fully saturated rings. The molecule has 20 heavy (non-hydrogen) atoms. The van der Waals surface area contributed by atoms with Crippen LogP contribution >= 0.6 is 0 Å². The highest BCUT2D eigenvalue weighted by molar-refractivity contribution is 6.14. The van der Waals surface area contributed by atoms with Crippen LogP contribution in [0, 0.1) is 0 Å². The highest BCUT2D eigenvalue weighted by atomic mass is 16.5. The Bertz CT molecular complexity index is 510. The highest BCUT2D eigenvalue weighted by Gasteiger charge is 2.20. The third-order valence-electron chi connectivity index (χ3n) is 2.17. The molecule has 3 N–H and O–H groups in total. The number of ether oxygens (including phenoxy) is 1.